The van der Waals surface area contributed by atoms with E-state index >= 15 is 0 Å². The number of aromatic nitrogens is 1. The molecular formula is C18H18N2OS2. The minimum absolute atomic E-state index is 0.0118. The Morgan fingerprint density at radius 2 is 2.09 bits per heavy atom. The van der Waals surface area contributed by atoms with Crippen molar-refractivity contribution in [1.29, 1.82) is 0 Å². The van der Waals surface area contributed by atoms with Crippen LogP contribution in [0.1, 0.15) is 23.1 Å². The largest absolute Gasteiger partial charge is 0.302 e. The van der Waals surface area contributed by atoms with Crippen LogP contribution in [-0.4, -0.2) is 10.9 Å². The number of thiophene rings is 1. The minimum atomic E-state index is 0.0118. The number of carbonyl (C=O) groups excluding carboxylic acids is 1. The van der Waals surface area contributed by atoms with E-state index in [1.807, 2.05) is 10.8 Å². The summed E-state index contributed by atoms with van der Waals surface area (Å²) in [6.45, 7) is 4.16. The third kappa shape index (κ3) is 4.06. The predicted octanol–water partition coefficient (Wildman–Crippen LogP) is 5.06. The van der Waals surface area contributed by atoms with Crippen LogP contribution in [0.4, 0.5) is 5.13 Å². The van der Waals surface area contributed by atoms with Crippen LogP contribution in [0.5, 0.6) is 0 Å². The lowest BCUT2D eigenvalue weighted by molar-refractivity contribution is -0.116. The van der Waals surface area contributed by atoms with Crippen LogP contribution in [0, 0.1) is 13.8 Å². The van der Waals surface area contributed by atoms with Gasteiger partial charge in [-0.3, -0.25) is 4.79 Å². The van der Waals surface area contributed by atoms with Gasteiger partial charge in [0.15, 0.2) is 5.13 Å². The number of hydrogen-bond donors (Lipinski definition) is 1. The molecule has 118 valence electrons. The molecule has 2 aromatic heterocycles. The lowest BCUT2D eigenvalue weighted by atomic mass is 10.0. The second-order valence-corrected chi connectivity index (χ2v) is 7.17. The van der Waals surface area contributed by atoms with Gasteiger partial charge in [0.2, 0.25) is 5.91 Å². The van der Waals surface area contributed by atoms with E-state index < -0.39 is 0 Å². The summed E-state index contributed by atoms with van der Waals surface area (Å²) in [7, 11) is 0. The molecule has 1 aromatic carbocycles. The zero-order valence-corrected chi connectivity index (χ0v) is 14.8. The third-order valence-corrected chi connectivity index (χ3v) is 5.12. The summed E-state index contributed by atoms with van der Waals surface area (Å²) in [5.41, 5.74) is 5.68. The molecule has 0 unspecified atom stereocenters. The van der Waals surface area contributed by atoms with Crippen LogP contribution in [0.25, 0.3) is 11.3 Å². The number of anilines is 1. The summed E-state index contributed by atoms with van der Waals surface area (Å²) in [5.74, 6) is 0.0118. The lowest BCUT2D eigenvalue weighted by Gasteiger charge is -2.04. The highest BCUT2D eigenvalue weighted by atomic mass is 32.1. The van der Waals surface area contributed by atoms with Crippen molar-refractivity contribution in [2.45, 2.75) is 26.7 Å². The van der Waals surface area contributed by atoms with E-state index in [1.54, 1.807) is 11.3 Å². The molecule has 0 atom stereocenters. The molecule has 0 aliphatic heterocycles. The fraction of sp³-hybridized carbons (Fsp3) is 0.222. The Morgan fingerprint density at radius 3 is 2.83 bits per heavy atom. The van der Waals surface area contributed by atoms with Gasteiger partial charge in [-0.1, -0.05) is 23.8 Å². The number of hydrogen-bond acceptors (Lipinski definition) is 4. The fourth-order valence-electron chi connectivity index (χ4n) is 2.43. The maximum Gasteiger partial charge on any atom is 0.226 e. The van der Waals surface area contributed by atoms with Gasteiger partial charge in [-0.15, -0.1) is 11.3 Å². The standard InChI is InChI=1S/C18H18N2OS2/c1-12-3-5-15(13(2)9-12)16-11-23-18(19-16)20-17(21)6-4-14-7-8-22-10-14/h3,5,7-11H,4,6H2,1-2H3,(H,19,20,21). The Balaban J connectivity index is 1.63. The predicted molar refractivity (Wildman–Crippen MR) is 98.3 cm³/mol. The highest BCUT2D eigenvalue weighted by Gasteiger charge is 2.10. The van der Waals surface area contributed by atoms with E-state index in [1.165, 1.54) is 28.0 Å². The number of amides is 1. The van der Waals surface area contributed by atoms with Gasteiger partial charge in [0.25, 0.3) is 0 Å². The van der Waals surface area contributed by atoms with Gasteiger partial charge >= 0.3 is 0 Å². The second-order valence-electron chi connectivity index (χ2n) is 5.54. The molecule has 0 bridgehead atoms. The Morgan fingerprint density at radius 1 is 1.22 bits per heavy atom. The topological polar surface area (TPSA) is 42.0 Å². The van der Waals surface area contributed by atoms with Crippen molar-refractivity contribution in [3.8, 4) is 11.3 Å². The van der Waals surface area contributed by atoms with Crippen molar-refractivity contribution >= 4 is 33.7 Å². The first-order valence-corrected chi connectivity index (χ1v) is 9.28. The van der Waals surface area contributed by atoms with Gasteiger partial charge in [-0.2, -0.15) is 11.3 Å². The lowest BCUT2D eigenvalue weighted by Crippen LogP contribution is -2.11. The van der Waals surface area contributed by atoms with E-state index in [0.717, 1.165) is 17.7 Å². The maximum absolute atomic E-state index is 12.0. The number of thiazole rings is 1. The molecular weight excluding hydrogens is 324 g/mol. The highest BCUT2D eigenvalue weighted by molar-refractivity contribution is 7.14. The molecule has 0 aliphatic rings. The van der Waals surface area contributed by atoms with Crippen LogP contribution in [0.3, 0.4) is 0 Å². The smallest absolute Gasteiger partial charge is 0.226 e. The molecule has 3 aromatic rings. The van der Waals surface area contributed by atoms with Gasteiger partial charge in [-0.25, -0.2) is 4.98 Å². The normalized spacial score (nSPS) is 10.7. The highest BCUT2D eigenvalue weighted by Crippen LogP contribution is 2.28. The molecule has 2 heterocycles. The quantitative estimate of drug-likeness (QED) is 0.704. The average Bonchev–Trinajstić information content (AvgIpc) is 3.17. The molecule has 0 radical (unpaired) electrons. The van der Waals surface area contributed by atoms with Crippen LogP contribution in [0.2, 0.25) is 0 Å². The first kappa shape index (κ1) is 15.9. The fourth-order valence-corrected chi connectivity index (χ4v) is 3.86. The Labute approximate surface area is 144 Å². The third-order valence-electron chi connectivity index (χ3n) is 3.63. The monoisotopic (exact) mass is 342 g/mol. The number of benzene rings is 1. The van der Waals surface area contributed by atoms with Crippen LogP contribution < -0.4 is 5.32 Å². The van der Waals surface area contributed by atoms with Gasteiger partial charge < -0.3 is 5.32 Å². The average molecular weight is 342 g/mol. The zero-order chi connectivity index (χ0) is 16.2. The van der Waals surface area contributed by atoms with Gasteiger partial charge in [-0.05, 0) is 48.2 Å². The molecule has 23 heavy (non-hydrogen) atoms. The molecule has 0 saturated heterocycles. The summed E-state index contributed by atoms with van der Waals surface area (Å²) in [6.07, 6.45) is 1.25. The number of carbonyl (C=O) groups is 1. The van der Waals surface area contributed by atoms with Gasteiger partial charge in [0, 0.05) is 17.4 Å². The first-order valence-electron chi connectivity index (χ1n) is 7.46. The van der Waals surface area contributed by atoms with E-state index in [2.05, 4.69) is 53.8 Å². The van der Waals surface area contributed by atoms with Crippen molar-refractivity contribution in [2.75, 3.05) is 5.32 Å². The molecule has 5 heteroatoms. The van der Waals surface area contributed by atoms with E-state index in [0.29, 0.717) is 11.6 Å². The Bertz CT molecular complexity index is 806. The van der Waals surface area contributed by atoms with Crippen LogP contribution >= 0.6 is 22.7 Å². The minimum Gasteiger partial charge on any atom is -0.302 e. The summed E-state index contributed by atoms with van der Waals surface area (Å²) in [4.78, 5) is 16.6. The SMILES string of the molecule is Cc1ccc(-c2csc(NC(=O)CCc3ccsc3)n2)c(C)c1. The summed E-state index contributed by atoms with van der Waals surface area (Å²) in [6, 6.07) is 8.37. The van der Waals surface area contributed by atoms with Gasteiger partial charge in [0.05, 0.1) is 5.69 Å². The second kappa shape index (κ2) is 7.06. The molecule has 0 aliphatic carbocycles. The number of aryl methyl sites for hydroxylation is 3. The van der Waals surface area contributed by atoms with E-state index in [4.69, 9.17) is 0 Å². The number of nitrogens with zero attached hydrogens (tertiary/aromatic N) is 1. The molecule has 1 N–H and O–H groups in total. The van der Waals surface area contributed by atoms with Crippen molar-refractivity contribution < 1.29 is 4.79 Å². The Hall–Kier alpha value is -1.98. The van der Waals surface area contributed by atoms with Crippen molar-refractivity contribution in [3.05, 3.63) is 57.1 Å². The van der Waals surface area contributed by atoms with Crippen LogP contribution in [-0.2, 0) is 11.2 Å². The maximum atomic E-state index is 12.0. The first-order chi connectivity index (χ1) is 11.1. The summed E-state index contributed by atoms with van der Waals surface area (Å²) >= 11 is 3.12. The van der Waals surface area contributed by atoms with Crippen LogP contribution in [0.15, 0.2) is 40.4 Å². The Kier molecular flexibility index (Phi) is 4.88. The van der Waals surface area contributed by atoms with Crippen molar-refractivity contribution in [3.63, 3.8) is 0 Å². The molecule has 3 nitrogen and oxygen atoms in total. The zero-order valence-electron chi connectivity index (χ0n) is 13.1. The van der Waals surface area contributed by atoms with E-state index in [9.17, 15) is 4.79 Å². The van der Waals surface area contributed by atoms with Gasteiger partial charge in [0.1, 0.15) is 0 Å². The van der Waals surface area contributed by atoms with Crippen molar-refractivity contribution in [2.24, 2.45) is 0 Å². The molecule has 0 saturated carbocycles. The van der Waals surface area contributed by atoms with E-state index in [-0.39, 0.29) is 5.91 Å². The van der Waals surface area contributed by atoms with Crippen molar-refractivity contribution in [1.82, 2.24) is 4.98 Å². The molecule has 0 spiro atoms. The molecule has 0 fully saturated rings. The molecule has 1 amide bonds. The molecule has 3 rings (SSSR count). The number of rotatable bonds is 5. The number of nitrogens with one attached hydrogen (secondary N) is 1. The summed E-state index contributed by atoms with van der Waals surface area (Å²) in [5, 5.41) is 9.66. The summed E-state index contributed by atoms with van der Waals surface area (Å²) < 4.78 is 0.